The normalized spacial score (nSPS) is 13.2. The van der Waals surface area contributed by atoms with Gasteiger partial charge in [-0.15, -0.1) is 10.9 Å². The van der Waals surface area contributed by atoms with Crippen LogP contribution >= 0.6 is 31.9 Å². The Labute approximate surface area is 298 Å². The minimum Gasteiger partial charge on any atom is -0.207 e. The maximum atomic E-state index is 16.3. The zero-order chi connectivity index (χ0) is 40.5. The monoisotopic (exact) mass is 919 g/mol. The third-order valence-corrected chi connectivity index (χ3v) is 9.25. The molecule has 0 aliphatic carbocycles. The van der Waals surface area contributed by atoms with Crippen LogP contribution in [0.5, 0.6) is 0 Å². The largest absolute Gasteiger partial charge is 0.416 e. The molecule has 0 radical (unpaired) electrons. The minimum absolute atomic E-state index is 0.719. The quantitative estimate of drug-likeness (QED) is 0.0783. The number of hydrogen-bond donors (Lipinski definition) is 0. The molecule has 4 aromatic rings. The summed E-state index contributed by atoms with van der Waals surface area (Å²) in [4.78, 5) is 0. The van der Waals surface area contributed by atoms with Crippen molar-refractivity contribution in [3.8, 4) is 0 Å². The van der Waals surface area contributed by atoms with Gasteiger partial charge in [0.05, 0.1) is 22.3 Å². The fourth-order valence-corrected chi connectivity index (χ4v) is 6.83. The van der Waals surface area contributed by atoms with E-state index in [1.807, 2.05) is 0 Å². The lowest BCUT2D eigenvalue weighted by atomic mass is 9.12. The highest BCUT2D eigenvalue weighted by atomic mass is 79.9. The van der Waals surface area contributed by atoms with Gasteiger partial charge in [0.15, 0.2) is 23.3 Å². The summed E-state index contributed by atoms with van der Waals surface area (Å²) in [5.41, 5.74) is -24.4. The van der Waals surface area contributed by atoms with Gasteiger partial charge >= 0.3 is 24.7 Å². The first-order chi connectivity index (χ1) is 24.1. The van der Waals surface area contributed by atoms with Gasteiger partial charge in [-0.3, -0.25) is 0 Å². The molecule has 0 atom stereocenters. The Balaban J connectivity index is 2.64. The van der Waals surface area contributed by atoms with Crippen molar-refractivity contribution in [3.05, 3.63) is 116 Å². The van der Waals surface area contributed by atoms with Crippen molar-refractivity contribution in [3.63, 3.8) is 0 Å². The Bertz CT molecular complexity index is 1830. The van der Waals surface area contributed by atoms with Crippen LogP contribution in [0.4, 0.5) is 87.8 Å². The van der Waals surface area contributed by atoms with E-state index in [-0.39, 0.29) is 0 Å². The molecule has 0 aliphatic rings. The van der Waals surface area contributed by atoms with E-state index < -0.39 is 180 Å². The first-order valence-corrected chi connectivity index (χ1v) is 15.9. The average Bonchev–Trinajstić information content (AvgIpc) is 3.04. The summed E-state index contributed by atoms with van der Waals surface area (Å²) >= 11 is 4.78. The van der Waals surface area contributed by atoms with Crippen molar-refractivity contribution in [1.82, 2.24) is 0 Å². The number of rotatable bonds is 6. The van der Waals surface area contributed by atoms with E-state index in [0.717, 1.165) is 0 Å². The second-order valence-electron chi connectivity index (χ2n) is 11.1. The van der Waals surface area contributed by atoms with Crippen LogP contribution in [-0.2, 0) is 35.4 Å². The van der Waals surface area contributed by atoms with Gasteiger partial charge in [0.2, 0.25) is 0 Å². The van der Waals surface area contributed by atoms with Crippen molar-refractivity contribution in [2.75, 3.05) is 0 Å². The SMILES string of the molecule is Fc1c(F)c([B-](c2cc(C(F)(F)F)cc(C(F)(F)F)c2)(c2cc(C(F)(F)F)cc(C(F)(F)F)c2)c2c(F)c(F)c(CBr)c(F)c2F)c(F)c(F)c1CBr. The molecule has 0 bridgehead atoms. The zero-order valence-corrected chi connectivity index (χ0v) is 27.9. The molecule has 0 heterocycles. The van der Waals surface area contributed by atoms with Crippen LogP contribution in [0.3, 0.4) is 0 Å². The molecule has 53 heavy (non-hydrogen) atoms. The van der Waals surface area contributed by atoms with E-state index in [1.165, 1.54) is 0 Å². The summed E-state index contributed by atoms with van der Waals surface area (Å²) in [6.45, 7) is 0. The molecule has 23 heteroatoms. The first-order valence-electron chi connectivity index (χ1n) is 13.6. The highest BCUT2D eigenvalue weighted by molar-refractivity contribution is 9.08. The highest BCUT2D eigenvalue weighted by Gasteiger charge is 2.48. The van der Waals surface area contributed by atoms with Crippen LogP contribution in [0.15, 0.2) is 36.4 Å². The standard InChI is InChI=1S/C30H10BBr2F20/c32-7-15-19(34)23(38)17(24(39)20(15)35)31(18-25(40)21(36)16(8-33)22(37)26(18)41,13-3-9(27(42,43)44)1-10(4-13)28(45,46)47)14-5-11(29(48,49)50)2-12(6-14)30(51,52)53/h1-6H,7-8H2/q-1. The van der Waals surface area contributed by atoms with E-state index >= 15 is 35.1 Å². The number of benzene rings is 4. The maximum absolute atomic E-state index is 16.3. The van der Waals surface area contributed by atoms with Crippen molar-refractivity contribution in [1.29, 1.82) is 0 Å². The van der Waals surface area contributed by atoms with Crippen molar-refractivity contribution in [2.45, 2.75) is 35.4 Å². The van der Waals surface area contributed by atoms with Crippen molar-refractivity contribution in [2.24, 2.45) is 0 Å². The summed E-state index contributed by atoms with van der Waals surface area (Å²) in [5, 5.41) is -2.48. The summed E-state index contributed by atoms with van der Waals surface area (Å²) in [5.74, 6) is -23.1. The van der Waals surface area contributed by atoms with E-state index in [1.54, 1.807) is 0 Å². The van der Waals surface area contributed by atoms with Gasteiger partial charge in [-0.05, 0) is 12.1 Å². The molecule has 4 rings (SSSR count). The lowest BCUT2D eigenvalue weighted by molar-refractivity contribution is -0.144. The molecule has 4 aromatic carbocycles. The lowest BCUT2D eigenvalue weighted by Gasteiger charge is -2.45. The van der Waals surface area contributed by atoms with Gasteiger partial charge in [-0.25, -0.2) is 35.1 Å². The van der Waals surface area contributed by atoms with E-state index in [9.17, 15) is 52.7 Å². The van der Waals surface area contributed by atoms with Crippen LogP contribution in [0.25, 0.3) is 0 Å². The smallest absolute Gasteiger partial charge is 0.207 e. The molecule has 0 nitrogen and oxygen atoms in total. The number of alkyl halides is 14. The maximum Gasteiger partial charge on any atom is 0.416 e. The fourth-order valence-electron chi connectivity index (χ4n) is 5.84. The molecule has 0 aromatic heterocycles. The van der Waals surface area contributed by atoms with Gasteiger partial charge in [0.25, 0.3) is 0 Å². The topological polar surface area (TPSA) is 0 Å². The second-order valence-corrected chi connectivity index (χ2v) is 12.2. The Hall–Kier alpha value is -3.50. The van der Waals surface area contributed by atoms with Crippen LogP contribution in [-0.4, -0.2) is 6.15 Å². The van der Waals surface area contributed by atoms with Crippen LogP contribution in [0.1, 0.15) is 33.4 Å². The summed E-state index contributed by atoms with van der Waals surface area (Å²) in [6.07, 6.45) is -30.5. The minimum atomic E-state index is -6.22. The van der Waals surface area contributed by atoms with Crippen molar-refractivity contribution < 1.29 is 87.8 Å². The van der Waals surface area contributed by atoms with Gasteiger partial charge in [-0.1, -0.05) is 56.1 Å². The number of hydrogen-bond acceptors (Lipinski definition) is 0. The number of halogens is 22. The van der Waals surface area contributed by atoms with Gasteiger partial charge in [0.1, 0.15) is 29.4 Å². The zero-order valence-electron chi connectivity index (χ0n) is 24.8. The van der Waals surface area contributed by atoms with E-state index in [0.29, 0.717) is 0 Å². The predicted octanol–water partition coefficient (Wildman–Crippen LogP) is 10.0. The molecule has 0 spiro atoms. The Morgan fingerprint density at radius 1 is 0.358 bits per heavy atom. The highest BCUT2D eigenvalue weighted by Crippen LogP contribution is 2.39. The Morgan fingerprint density at radius 2 is 0.566 bits per heavy atom. The fraction of sp³-hybridized carbons (Fsp3) is 0.200. The van der Waals surface area contributed by atoms with Gasteiger partial charge in [0, 0.05) is 21.8 Å². The lowest BCUT2D eigenvalue weighted by Crippen LogP contribution is -2.78. The Morgan fingerprint density at radius 3 is 0.736 bits per heavy atom. The molecule has 0 fully saturated rings. The first kappa shape index (κ1) is 42.2. The summed E-state index contributed by atoms with van der Waals surface area (Å²) in [6, 6.07) is -4.43. The average molecular weight is 921 g/mol. The van der Waals surface area contributed by atoms with Crippen LogP contribution < -0.4 is 21.9 Å². The molecule has 0 amide bonds. The second kappa shape index (κ2) is 14.0. The molecule has 288 valence electrons. The Kier molecular flexibility index (Phi) is 11.1. The molecule has 0 N–H and O–H groups in total. The molecule has 0 saturated carbocycles. The predicted molar refractivity (Wildman–Crippen MR) is 155 cm³/mol. The molecular weight excluding hydrogens is 911 g/mol. The molecule has 0 unspecified atom stereocenters. The molecule has 0 aliphatic heterocycles. The van der Waals surface area contributed by atoms with Gasteiger partial charge in [-0.2, -0.15) is 63.6 Å². The van der Waals surface area contributed by atoms with E-state index in [4.69, 9.17) is 0 Å². The van der Waals surface area contributed by atoms with Crippen molar-refractivity contribution >= 4 is 59.9 Å². The van der Waals surface area contributed by atoms with Crippen LogP contribution in [0.2, 0.25) is 0 Å². The third kappa shape index (κ3) is 7.22. The summed E-state index contributed by atoms with van der Waals surface area (Å²) in [7, 11) is 0. The third-order valence-electron chi connectivity index (χ3n) is 8.13. The molecular formula is C30H10BBr2F20-. The van der Waals surface area contributed by atoms with Gasteiger partial charge < -0.3 is 0 Å². The summed E-state index contributed by atoms with van der Waals surface area (Å²) < 4.78 is 297. The van der Waals surface area contributed by atoms with Crippen LogP contribution in [0, 0.1) is 46.5 Å². The van der Waals surface area contributed by atoms with E-state index in [2.05, 4.69) is 31.9 Å². The molecule has 0 saturated heterocycles.